The topological polar surface area (TPSA) is 95.9 Å². The second kappa shape index (κ2) is 11.2. The molecule has 1 aliphatic carbocycles. The zero-order valence-electron chi connectivity index (χ0n) is 19.1. The Balaban J connectivity index is 1.69. The number of hydrogen-bond acceptors (Lipinski definition) is 5. The van der Waals surface area contributed by atoms with Crippen LogP contribution in [0.25, 0.3) is 11.1 Å². The maximum absolute atomic E-state index is 13.0. The number of carboxylic acid groups (broad SMARTS) is 1. The van der Waals surface area contributed by atoms with Gasteiger partial charge in [-0.25, -0.2) is 9.59 Å². The van der Waals surface area contributed by atoms with E-state index in [0.29, 0.717) is 12.2 Å². The minimum Gasteiger partial charge on any atom is -0.480 e. The van der Waals surface area contributed by atoms with Crippen LogP contribution in [0, 0.1) is 0 Å². The van der Waals surface area contributed by atoms with Gasteiger partial charge in [0.15, 0.2) is 0 Å². The molecule has 1 aliphatic rings. The van der Waals surface area contributed by atoms with E-state index in [9.17, 15) is 19.5 Å². The van der Waals surface area contributed by atoms with Crippen LogP contribution < -0.4 is 5.32 Å². The van der Waals surface area contributed by atoms with Crippen LogP contribution in [-0.4, -0.2) is 65.7 Å². The molecule has 8 heteroatoms. The van der Waals surface area contributed by atoms with Gasteiger partial charge in [0, 0.05) is 13.0 Å². The molecule has 0 aromatic heterocycles. The quantitative estimate of drug-likeness (QED) is 0.546. The van der Waals surface area contributed by atoms with E-state index in [0.717, 1.165) is 22.3 Å². The zero-order valence-corrected chi connectivity index (χ0v) is 19.9. The molecule has 176 valence electrons. The molecule has 0 bridgehead atoms. The molecule has 0 spiro atoms. The summed E-state index contributed by atoms with van der Waals surface area (Å²) in [5.74, 6) is -0.954. The molecule has 2 atom stereocenters. The van der Waals surface area contributed by atoms with Crippen molar-refractivity contribution in [2.75, 3.05) is 25.7 Å². The van der Waals surface area contributed by atoms with Gasteiger partial charge in [0.2, 0.25) is 5.91 Å². The summed E-state index contributed by atoms with van der Waals surface area (Å²) in [7, 11) is 1.45. The Morgan fingerprint density at radius 2 is 1.67 bits per heavy atom. The number of carbonyl (C=O) groups is 3. The first-order chi connectivity index (χ1) is 15.9. The lowest BCUT2D eigenvalue weighted by Crippen LogP contribution is -2.52. The number of fused-ring (bicyclic) bond motifs is 3. The fourth-order valence-electron chi connectivity index (χ4n) is 4.29. The summed E-state index contributed by atoms with van der Waals surface area (Å²) in [6, 6.07) is 14.3. The molecule has 2 N–H and O–H groups in total. The highest BCUT2D eigenvalue weighted by Crippen LogP contribution is 2.44. The molecule has 7 nitrogen and oxygen atoms in total. The Hall–Kier alpha value is -3.00. The van der Waals surface area contributed by atoms with Gasteiger partial charge in [-0.3, -0.25) is 4.79 Å². The maximum Gasteiger partial charge on any atom is 0.407 e. The highest BCUT2D eigenvalue weighted by molar-refractivity contribution is 7.98. The standard InChI is InChI=1S/C25H30N2O5S/c1-4-22(24(29)30)27(2)23(28)21(13-14-33-3)26-25(31)32-15-20-18-11-7-5-9-16(18)17-10-6-8-12-19(17)20/h5-12,20-22H,4,13-15H2,1-3H3,(H,26,31)(H,29,30)/t21-,22?/m1/s1. The number of alkyl carbamates (subject to hydrolysis) is 1. The van der Waals surface area contributed by atoms with Crippen molar-refractivity contribution in [3.8, 4) is 11.1 Å². The van der Waals surface area contributed by atoms with E-state index in [1.165, 1.54) is 11.9 Å². The highest BCUT2D eigenvalue weighted by atomic mass is 32.2. The van der Waals surface area contributed by atoms with Gasteiger partial charge in [0.25, 0.3) is 0 Å². The fraction of sp³-hybridized carbons (Fsp3) is 0.400. The number of nitrogens with zero attached hydrogens (tertiary/aromatic N) is 1. The van der Waals surface area contributed by atoms with Crippen LogP contribution in [0.2, 0.25) is 0 Å². The molecule has 2 amide bonds. The van der Waals surface area contributed by atoms with Crippen LogP contribution in [-0.2, 0) is 14.3 Å². The third-order valence-corrected chi connectivity index (χ3v) is 6.68. The van der Waals surface area contributed by atoms with E-state index in [-0.39, 0.29) is 18.9 Å². The predicted molar refractivity (Wildman–Crippen MR) is 129 cm³/mol. The Kier molecular flexibility index (Phi) is 8.38. The van der Waals surface area contributed by atoms with E-state index in [1.54, 1.807) is 18.7 Å². The maximum atomic E-state index is 13.0. The summed E-state index contributed by atoms with van der Waals surface area (Å²) < 4.78 is 5.57. The molecular weight excluding hydrogens is 440 g/mol. The number of rotatable bonds is 10. The average Bonchev–Trinajstić information content (AvgIpc) is 3.13. The number of thioether (sulfide) groups is 1. The van der Waals surface area contributed by atoms with E-state index in [1.807, 2.05) is 42.7 Å². The van der Waals surface area contributed by atoms with E-state index < -0.39 is 30.1 Å². The summed E-state index contributed by atoms with van der Waals surface area (Å²) in [6.07, 6.45) is 1.88. The Morgan fingerprint density at radius 1 is 1.09 bits per heavy atom. The largest absolute Gasteiger partial charge is 0.480 e. The predicted octanol–water partition coefficient (Wildman–Crippen LogP) is 3.97. The molecule has 0 radical (unpaired) electrons. The third-order valence-electron chi connectivity index (χ3n) is 6.03. The zero-order chi connectivity index (χ0) is 24.0. The van der Waals surface area contributed by atoms with E-state index >= 15 is 0 Å². The minimum atomic E-state index is -1.07. The van der Waals surface area contributed by atoms with Gasteiger partial charge in [-0.2, -0.15) is 11.8 Å². The van der Waals surface area contributed by atoms with Gasteiger partial charge in [-0.05, 0) is 47.1 Å². The smallest absolute Gasteiger partial charge is 0.407 e. The molecule has 0 heterocycles. The van der Waals surface area contributed by atoms with Crippen molar-refractivity contribution in [3.63, 3.8) is 0 Å². The van der Waals surface area contributed by atoms with Gasteiger partial charge in [-0.15, -0.1) is 0 Å². The number of carboxylic acids is 1. The van der Waals surface area contributed by atoms with Crippen LogP contribution in [0.5, 0.6) is 0 Å². The van der Waals surface area contributed by atoms with Crippen LogP contribution in [0.4, 0.5) is 4.79 Å². The first-order valence-corrected chi connectivity index (χ1v) is 12.4. The highest BCUT2D eigenvalue weighted by Gasteiger charge is 2.32. The summed E-state index contributed by atoms with van der Waals surface area (Å²) in [5.41, 5.74) is 4.48. The van der Waals surface area contributed by atoms with Crippen LogP contribution in [0.1, 0.15) is 36.8 Å². The SMILES string of the molecule is CCC(C(=O)O)N(C)C(=O)[C@@H](CCSC)NC(=O)OCC1c2ccccc2-c2ccccc21. The number of amides is 2. The van der Waals surface area contributed by atoms with Crippen molar-refractivity contribution in [2.45, 2.75) is 37.8 Å². The third kappa shape index (κ3) is 5.50. The summed E-state index contributed by atoms with van der Waals surface area (Å²) >= 11 is 1.55. The minimum absolute atomic E-state index is 0.0809. The lowest BCUT2D eigenvalue weighted by Gasteiger charge is -2.28. The van der Waals surface area contributed by atoms with Crippen molar-refractivity contribution in [2.24, 2.45) is 0 Å². The first-order valence-electron chi connectivity index (χ1n) is 11.0. The number of benzene rings is 2. The van der Waals surface area contributed by atoms with Crippen LogP contribution in [0.15, 0.2) is 48.5 Å². The van der Waals surface area contributed by atoms with Crippen molar-refractivity contribution in [1.82, 2.24) is 10.2 Å². The van der Waals surface area contributed by atoms with Gasteiger partial charge in [0.05, 0.1) is 0 Å². The lowest BCUT2D eigenvalue weighted by atomic mass is 9.98. The summed E-state index contributed by atoms with van der Waals surface area (Å²) in [5, 5.41) is 12.1. The van der Waals surface area contributed by atoms with E-state index in [2.05, 4.69) is 17.4 Å². The van der Waals surface area contributed by atoms with Crippen molar-refractivity contribution in [1.29, 1.82) is 0 Å². The van der Waals surface area contributed by atoms with Gasteiger partial charge in [0.1, 0.15) is 18.7 Å². The molecule has 1 unspecified atom stereocenters. The number of ether oxygens (including phenoxy) is 1. The summed E-state index contributed by atoms with van der Waals surface area (Å²) in [6.45, 7) is 1.85. The number of aliphatic carboxylic acids is 1. The van der Waals surface area contributed by atoms with Crippen molar-refractivity contribution < 1.29 is 24.2 Å². The molecular formula is C25H30N2O5S. The van der Waals surface area contributed by atoms with Gasteiger partial charge < -0.3 is 20.1 Å². The average molecular weight is 471 g/mol. The fourth-order valence-corrected chi connectivity index (χ4v) is 4.76. The number of nitrogens with one attached hydrogen (secondary N) is 1. The van der Waals surface area contributed by atoms with Crippen molar-refractivity contribution in [3.05, 3.63) is 59.7 Å². The lowest BCUT2D eigenvalue weighted by molar-refractivity contribution is -0.149. The molecule has 0 fully saturated rings. The van der Waals surface area contributed by atoms with Crippen molar-refractivity contribution >= 4 is 29.7 Å². The first kappa shape index (κ1) is 24.6. The Morgan fingerprint density at radius 3 is 2.18 bits per heavy atom. The molecule has 0 aliphatic heterocycles. The molecule has 33 heavy (non-hydrogen) atoms. The molecule has 0 saturated heterocycles. The normalized spacial score (nSPS) is 14.0. The molecule has 3 rings (SSSR count). The summed E-state index contributed by atoms with van der Waals surface area (Å²) in [4.78, 5) is 38.3. The number of carbonyl (C=O) groups excluding carboxylic acids is 2. The molecule has 2 aromatic carbocycles. The Bertz CT molecular complexity index is 966. The second-order valence-corrected chi connectivity index (χ2v) is 9.00. The van der Waals surface area contributed by atoms with Gasteiger partial charge in [-0.1, -0.05) is 55.5 Å². The molecule has 2 aromatic rings. The number of likely N-dealkylation sites (N-methyl/N-ethyl adjacent to an activating group) is 1. The van der Waals surface area contributed by atoms with E-state index in [4.69, 9.17) is 4.74 Å². The van der Waals surface area contributed by atoms with Crippen LogP contribution >= 0.6 is 11.8 Å². The van der Waals surface area contributed by atoms with Crippen LogP contribution in [0.3, 0.4) is 0 Å². The monoisotopic (exact) mass is 470 g/mol. The molecule has 0 saturated carbocycles. The number of hydrogen-bond donors (Lipinski definition) is 2. The second-order valence-electron chi connectivity index (χ2n) is 8.02. The van der Waals surface area contributed by atoms with Gasteiger partial charge >= 0.3 is 12.1 Å². The Labute approximate surface area is 198 Å².